The van der Waals surface area contributed by atoms with Crippen molar-refractivity contribution < 1.29 is 0 Å². The second-order valence-corrected chi connectivity index (χ2v) is 4.48. The second kappa shape index (κ2) is 5.19. The first-order chi connectivity index (χ1) is 8.16. The monoisotopic (exact) mass is 246 g/mol. The van der Waals surface area contributed by atoms with Crippen molar-refractivity contribution >= 4 is 17.3 Å². The molecule has 1 heterocycles. The summed E-state index contributed by atoms with van der Waals surface area (Å²) < 4.78 is 0. The van der Waals surface area contributed by atoms with E-state index in [9.17, 15) is 0 Å². The highest BCUT2D eigenvalue weighted by atomic mass is 35.5. The zero-order chi connectivity index (χ0) is 12.3. The Balaban J connectivity index is 2.14. The van der Waals surface area contributed by atoms with E-state index in [1.165, 1.54) is 0 Å². The number of aryl methyl sites for hydroxylation is 1. The van der Waals surface area contributed by atoms with Crippen LogP contribution in [0.2, 0.25) is 5.02 Å². The lowest BCUT2D eigenvalue weighted by Crippen LogP contribution is -2.07. The van der Waals surface area contributed by atoms with E-state index < -0.39 is 0 Å². The van der Waals surface area contributed by atoms with Crippen molar-refractivity contribution in [2.75, 3.05) is 5.32 Å². The number of pyridine rings is 1. The molecule has 0 aliphatic rings. The van der Waals surface area contributed by atoms with Crippen molar-refractivity contribution in [2.45, 2.75) is 19.9 Å². The molecule has 0 fully saturated rings. The highest BCUT2D eigenvalue weighted by Crippen LogP contribution is 2.25. The number of nitrogens with zero attached hydrogens (tertiary/aromatic N) is 1. The van der Waals surface area contributed by atoms with Gasteiger partial charge in [0.1, 0.15) is 0 Å². The van der Waals surface area contributed by atoms with Crippen LogP contribution in [0.3, 0.4) is 0 Å². The van der Waals surface area contributed by atoms with Crippen LogP contribution in [0.1, 0.15) is 24.2 Å². The number of halogens is 1. The summed E-state index contributed by atoms with van der Waals surface area (Å²) in [7, 11) is 0. The predicted octanol–water partition coefficient (Wildman–Crippen LogP) is 4.22. The predicted molar refractivity (Wildman–Crippen MR) is 72.5 cm³/mol. The Morgan fingerprint density at radius 2 is 1.94 bits per heavy atom. The first kappa shape index (κ1) is 11.9. The van der Waals surface area contributed by atoms with Crippen LogP contribution < -0.4 is 5.32 Å². The molecule has 0 aliphatic heterocycles. The molecular formula is C14H15ClN2. The van der Waals surface area contributed by atoms with E-state index in [1.807, 2.05) is 49.5 Å². The summed E-state index contributed by atoms with van der Waals surface area (Å²) in [6.45, 7) is 4.06. The van der Waals surface area contributed by atoms with Gasteiger partial charge in [0, 0.05) is 10.7 Å². The average Bonchev–Trinajstić information content (AvgIpc) is 2.32. The van der Waals surface area contributed by atoms with Crippen molar-refractivity contribution in [3.63, 3.8) is 0 Å². The number of rotatable bonds is 3. The molecule has 2 aromatic rings. The molecule has 0 spiro atoms. The van der Waals surface area contributed by atoms with E-state index in [0.29, 0.717) is 0 Å². The van der Waals surface area contributed by atoms with Crippen LogP contribution in [0.15, 0.2) is 42.6 Å². The Morgan fingerprint density at radius 3 is 2.59 bits per heavy atom. The number of anilines is 1. The van der Waals surface area contributed by atoms with Gasteiger partial charge < -0.3 is 5.32 Å². The van der Waals surface area contributed by atoms with Crippen LogP contribution in [0.5, 0.6) is 0 Å². The lowest BCUT2D eigenvalue weighted by Gasteiger charge is -2.16. The molecule has 0 radical (unpaired) electrons. The number of hydrogen-bond donors (Lipinski definition) is 1. The zero-order valence-corrected chi connectivity index (χ0v) is 10.7. The molecule has 0 amide bonds. The van der Waals surface area contributed by atoms with Crippen LogP contribution in [0.25, 0.3) is 0 Å². The van der Waals surface area contributed by atoms with E-state index in [4.69, 9.17) is 11.6 Å². The van der Waals surface area contributed by atoms with Gasteiger partial charge in [0.25, 0.3) is 0 Å². The highest BCUT2D eigenvalue weighted by molar-refractivity contribution is 6.31. The molecule has 1 atom stereocenters. The maximum atomic E-state index is 6.15. The van der Waals surface area contributed by atoms with E-state index in [1.54, 1.807) is 0 Å². The van der Waals surface area contributed by atoms with Crippen LogP contribution in [0, 0.1) is 6.92 Å². The summed E-state index contributed by atoms with van der Waals surface area (Å²) in [4.78, 5) is 4.25. The molecule has 0 aliphatic carbocycles. The SMILES string of the molecule is Cc1ccc(NC(C)c2ccccc2Cl)cn1. The molecule has 1 aromatic carbocycles. The first-order valence-corrected chi connectivity index (χ1v) is 5.98. The van der Waals surface area contributed by atoms with Gasteiger partial charge in [0.15, 0.2) is 0 Å². The molecule has 2 nitrogen and oxygen atoms in total. The van der Waals surface area contributed by atoms with Crippen LogP contribution in [-0.4, -0.2) is 4.98 Å². The van der Waals surface area contributed by atoms with Crippen LogP contribution >= 0.6 is 11.6 Å². The van der Waals surface area contributed by atoms with Gasteiger partial charge >= 0.3 is 0 Å². The Labute approximate surface area is 107 Å². The number of nitrogens with one attached hydrogen (secondary N) is 1. The lowest BCUT2D eigenvalue weighted by molar-refractivity contribution is 0.882. The summed E-state index contributed by atoms with van der Waals surface area (Å²) >= 11 is 6.15. The third-order valence-corrected chi connectivity index (χ3v) is 3.01. The average molecular weight is 247 g/mol. The summed E-state index contributed by atoms with van der Waals surface area (Å²) in [5, 5.41) is 4.16. The maximum Gasteiger partial charge on any atom is 0.0531 e. The van der Waals surface area contributed by atoms with Crippen molar-refractivity contribution in [3.05, 3.63) is 58.9 Å². The standard InChI is InChI=1S/C14H15ClN2/c1-10-7-8-12(9-16-10)17-11(2)13-5-3-4-6-14(13)15/h3-9,11,17H,1-2H3. The summed E-state index contributed by atoms with van der Waals surface area (Å²) in [6, 6.07) is 12.0. The van der Waals surface area contributed by atoms with Crippen molar-refractivity contribution in [2.24, 2.45) is 0 Å². The Hall–Kier alpha value is -1.54. The molecule has 17 heavy (non-hydrogen) atoms. The van der Waals surface area contributed by atoms with Crippen molar-refractivity contribution in [3.8, 4) is 0 Å². The smallest absolute Gasteiger partial charge is 0.0531 e. The molecular weight excluding hydrogens is 232 g/mol. The third-order valence-electron chi connectivity index (χ3n) is 2.67. The number of benzene rings is 1. The largest absolute Gasteiger partial charge is 0.377 e. The summed E-state index contributed by atoms with van der Waals surface area (Å²) in [5.41, 5.74) is 3.11. The van der Waals surface area contributed by atoms with Gasteiger partial charge in [-0.2, -0.15) is 0 Å². The fraction of sp³-hybridized carbons (Fsp3) is 0.214. The van der Waals surface area contributed by atoms with Gasteiger partial charge in [-0.15, -0.1) is 0 Å². The fourth-order valence-corrected chi connectivity index (χ4v) is 2.01. The third kappa shape index (κ3) is 2.98. The minimum atomic E-state index is 0.160. The minimum absolute atomic E-state index is 0.160. The molecule has 1 aromatic heterocycles. The van der Waals surface area contributed by atoms with Crippen LogP contribution in [-0.2, 0) is 0 Å². The van der Waals surface area contributed by atoms with E-state index in [-0.39, 0.29) is 6.04 Å². The van der Waals surface area contributed by atoms with Gasteiger partial charge in [-0.1, -0.05) is 29.8 Å². The van der Waals surface area contributed by atoms with E-state index in [2.05, 4.69) is 17.2 Å². The van der Waals surface area contributed by atoms with Gasteiger partial charge in [-0.3, -0.25) is 4.98 Å². The quantitative estimate of drug-likeness (QED) is 0.877. The topological polar surface area (TPSA) is 24.9 Å². The molecule has 0 bridgehead atoms. The van der Waals surface area contributed by atoms with Gasteiger partial charge in [0.2, 0.25) is 0 Å². The Kier molecular flexibility index (Phi) is 3.64. The fourth-order valence-electron chi connectivity index (χ4n) is 1.71. The van der Waals surface area contributed by atoms with E-state index in [0.717, 1.165) is 22.0 Å². The van der Waals surface area contributed by atoms with Crippen LogP contribution in [0.4, 0.5) is 5.69 Å². The van der Waals surface area contributed by atoms with Gasteiger partial charge in [-0.05, 0) is 37.6 Å². The molecule has 0 saturated heterocycles. The summed E-state index contributed by atoms with van der Waals surface area (Å²) in [6.07, 6.45) is 1.84. The molecule has 1 unspecified atom stereocenters. The number of aromatic nitrogens is 1. The molecule has 1 N–H and O–H groups in total. The molecule has 2 rings (SSSR count). The first-order valence-electron chi connectivity index (χ1n) is 5.60. The highest BCUT2D eigenvalue weighted by Gasteiger charge is 2.08. The second-order valence-electron chi connectivity index (χ2n) is 4.08. The maximum absolute atomic E-state index is 6.15. The van der Waals surface area contributed by atoms with Gasteiger partial charge in [0.05, 0.1) is 17.9 Å². The zero-order valence-electron chi connectivity index (χ0n) is 9.94. The summed E-state index contributed by atoms with van der Waals surface area (Å²) in [5.74, 6) is 0. The van der Waals surface area contributed by atoms with Crippen molar-refractivity contribution in [1.29, 1.82) is 0 Å². The normalized spacial score (nSPS) is 12.2. The molecule has 88 valence electrons. The van der Waals surface area contributed by atoms with Gasteiger partial charge in [-0.25, -0.2) is 0 Å². The Bertz CT molecular complexity index is 494. The molecule has 0 saturated carbocycles. The lowest BCUT2D eigenvalue weighted by atomic mass is 10.1. The van der Waals surface area contributed by atoms with E-state index >= 15 is 0 Å². The van der Waals surface area contributed by atoms with Crippen molar-refractivity contribution in [1.82, 2.24) is 4.98 Å². The number of hydrogen-bond acceptors (Lipinski definition) is 2. The molecule has 3 heteroatoms. The minimum Gasteiger partial charge on any atom is -0.377 e. The Morgan fingerprint density at radius 1 is 1.18 bits per heavy atom.